The highest BCUT2D eigenvalue weighted by Crippen LogP contribution is 2.27. The molecule has 0 aliphatic carbocycles. The van der Waals surface area contributed by atoms with Gasteiger partial charge in [-0.05, 0) is 18.9 Å². The summed E-state index contributed by atoms with van der Waals surface area (Å²) in [6, 6.07) is 3.33. The van der Waals surface area contributed by atoms with E-state index < -0.39 is 0 Å². The number of rotatable bonds is 2. The van der Waals surface area contributed by atoms with Crippen molar-refractivity contribution in [3.05, 3.63) is 18.3 Å². The summed E-state index contributed by atoms with van der Waals surface area (Å²) in [4.78, 5) is 16.3. The number of nitrogens with two attached hydrogens (primary N) is 1. The third-order valence-electron chi connectivity index (χ3n) is 2.84. The molecule has 0 spiro atoms. The number of hydrazone groups is 1. The van der Waals surface area contributed by atoms with Crippen LogP contribution in [-0.2, 0) is 4.79 Å². The summed E-state index contributed by atoms with van der Waals surface area (Å²) in [5, 5.41) is 5.61. The summed E-state index contributed by atoms with van der Waals surface area (Å²) < 4.78 is 0. The van der Waals surface area contributed by atoms with Crippen LogP contribution in [0.25, 0.3) is 0 Å². The lowest BCUT2D eigenvalue weighted by Gasteiger charge is -2.15. The van der Waals surface area contributed by atoms with Gasteiger partial charge in [-0.15, -0.1) is 0 Å². The minimum Gasteiger partial charge on any atom is -0.399 e. The molecule has 1 aromatic rings. The van der Waals surface area contributed by atoms with Crippen molar-refractivity contribution in [1.29, 1.82) is 0 Å². The molecule has 5 nitrogen and oxygen atoms in total. The van der Waals surface area contributed by atoms with E-state index in [0.29, 0.717) is 11.5 Å². The molecule has 1 unspecified atom stereocenters. The molecule has 0 aromatic carbocycles. The topological polar surface area (TPSA) is 71.6 Å². The van der Waals surface area contributed by atoms with Gasteiger partial charge in [0, 0.05) is 23.7 Å². The zero-order chi connectivity index (χ0) is 12.6. The average Bonchev–Trinajstić information content (AvgIpc) is 2.54. The van der Waals surface area contributed by atoms with Crippen LogP contribution in [0.5, 0.6) is 0 Å². The predicted octanol–water partition coefficient (Wildman–Crippen LogP) is 1.66. The van der Waals surface area contributed by atoms with Crippen LogP contribution in [-0.4, -0.2) is 16.6 Å². The first-order valence-corrected chi connectivity index (χ1v) is 5.61. The quantitative estimate of drug-likeness (QED) is 0.842. The van der Waals surface area contributed by atoms with Crippen LogP contribution >= 0.6 is 0 Å². The standard InChI is InChI=1S/C12H16N4O/c1-7(2)11-8(3)15-16(12(11)17)10-6-9(13)4-5-14-10/h4-7,11H,1-3H3,(H2,13,14). The normalized spacial score (nSPS) is 20.0. The molecule has 1 amide bonds. The predicted molar refractivity (Wildman–Crippen MR) is 67.6 cm³/mol. The third kappa shape index (κ3) is 2.00. The van der Waals surface area contributed by atoms with Gasteiger partial charge < -0.3 is 5.73 Å². The van der Waals surface area contributed by atoms with E-state index in [1.165, 1.54) is 5.01 Å². The summed E-state index contributed by atoms with van der Waals surface area (Å²) >= 11 is 0. The Morgan fingerprint density at radius 2 is 2.18 bits per heavy atom. The molecule has 1 aliphatic heterocycles. The van der Waals surface area contributed by atoms with Gasteiger partial charge in [-0.1, -0.05) is 13.8 Å². The Bertz CT molecular complexity index is 481. The Balaban J connectivity index is 2.34. The fourth-order valence-corrected chi connectivity index (χ4v) is 2.06. The van der Waals surface area contributed by atoms with Crippen LogP contribution in [0.1, 0.15) is 20.8 Å². The molecule has 2 N–H and O–H groups in total. The van der Waals surface area contributed by atoms with Crippen molar-refractivity contribution >= 4 is 23.1 Å². The fraction of sp³-hybridized carbons (Fsp3) is 0.417. The van der Waals surface area contributed by atoms with Crippen LogP contribution in [0, 0.1) is 11.8 Å². The van der Waals surface area contributed by atoms with Gasteiger partial charge in [0.25, 0.3) is 5.91 Å². The Morgan fingerprint density at radius 3 is 2.71 bits per heavy atom. The summed E-state index contributed by atoms with van der Waals surface area (Å²) in [5.74, 6) is 0.531. The Morgan fingerprint density at radius 1 is 1.47 bits per heavy atom. The summed E-state index contributed by atoms with van der Waals surface area (Å²) in [6.45, 7) is 5.89. The number of carbonyl (C=O) groups is 1. The molecule has 90 valence electrons. The highest BCUT2D eigenvalue weighted by molar-refractivity contribution is 6.14. The number of hydrogen-bond acceptors (Lipinski definition) is 4. The lowest BCUT2D eigenvalue weighted by Crippen LogP contribution is -2.30. The van der Waals surface area contributed by atoms with E-state index in [9.17, 15) is 4.79 Å². The van der Waals surface area contributed by atoms with Gasteiger partial charge >= 0.3 is 0 Å². The van der Waals surface area contributed by atoms with E-state index in [1.54, 1.807) is 18.3 Å². The van der Waals surface area contributed by atoms with E-state index in [2.05, 4.69) is 10.1 Å². The SMILES string of the molecule is CC1=NN(c2cc(N)ccn2)C(=O)C1C(C)C. The molecule has 1 aliphatic rings. The van der Waals surface area contributed by atoms with E-state index >= 15 is 0 Å². The minimum absolute atomic E-state index is 0.0319. The molecule has 0 bridgehead atoms. The summed E-state index contributed by atoms with van der Waals surface area (Å²) in [6.07, 6.45) is 1.57. The number of anilines is 2. The second-order valence-corrected chi connectivity index (χ2v) is 4.56. The molecule has 1 aromatic heterocycles. The fourth-order valence-electron chi connectivity index (χ4n) is 2.06. The van der Waals surface area contributed by atoms with Crippen LogP contribution in [0.3, 0.4) is 0 Å². The van der Waals surface area contributed by atoms with Crippen molar-refractivity contribution in [1.82, 2.24) is 4.98 Å². The molecule has 0 saturated heterocycles. The molecule has 2 rings (SSSR count). The Kier molecular flexibility index (Phi) is 2.83. The van der Waals surface area contributed by atoms with Crippen molar-refractivity contribution in [3.8, 4) is 0 Å². The smallest absolute Gasteiger partial charge is 0.257 e. The number of nitrogen functional groups attached to an aromatic ring is 1. The molecule has 0 fully saturated rings. The first-order chi connectivity index (χ1) is 8.00. The van der Waals surface area contributed by atoms with Gasteiger partial charge in [0.1, 0.15) is 0 Å². The number of aromatic nitrogens is 1. The largest absolute Gasteiger partial charge is 0.399 e. The molecule has 17 heavy (non-hydrogen) atoms. The van der Waals surface area contributed by atoms with Crippen molar-refractivity contribution < 1.29 is 4.79 Å². The highest BCUT2D eigenvalue weighted by Gasteiger charge is 2.36. The molecular formula is C12H16N4O. The number of hydrogen-bond donors (Lipinski definition) is 1. The summed E-state index contributed by atoms with van der Waals surface area (Å²) in [5.41, 5.74) is 7.08. The number of pyridine rings is 1. The molecular weight excluding hydrogens is 216 g/mol. The molecule has 5 heteroatoms. The van der Waals surface area contributed by atoms with Crippen molar-refractivity contribution in [2.24, 2.45) is 16.9 Å². The van der Waals surface area contributed by atoms with Gasteiger partial charge in [0.15, 0.2) is 5.82 Å². The lowest BCUT2D eigenvalue weighted by molar-refractivity contribution is -0.120. The molecule has 2 heterocycles. The maximum atomic E-state index is 12.2. The highest BCUT2D eigenvalue weighted by atomic mass is 16.2. The second kappa shape index (κ2) is 4.16. The number of nitrogens with zero attached hydrogens (tertiary/aromatic N) is 3. The van der Waals surface area contributed by atoms with Gasteiger partial charge in [-0.25, -0.2) is 4.98 Å². The van der Waals surface area contributed by atoms with E-state index in [0.717, 1.165) is 5.71 Å². The van der Waals surface area contributed by atoms with Crippen molar-refractivity contribution in [3.63, 3.8) is 0 Å². The second-order valence-electron chi connectivity index (χ2n) is 4.56. The maximum absolute atomic E-state index is 12.2. The number of amides is 1. The van der Waals surface area contributed by atoms with Gasteiger partial charge in [-0.2, -0.15) is 10.1 Å². The Hall–Kier alpha value is -1.91. The number of carbonyl (C=O) groups excluding carboxylic acids is 1. The molecule has 1 atom stereocenters. The van der Waals surface area contributed by atoms with Crippen LogP contribution < -0.4 is 10.7 Å². The van der Waals surface area contributed by atoms with E-state index in [-0.39, 0.29) is 17.7 Å². The van der Waals surface area contributed by atoms with Crippen LogP contribution in [0.15, 0.2) is 23.4 Å². The lowest BCUT2D eigenvalue weighted by atomic mass is 9.92. The van der Waals surface area contributed by atoms with Crippen molar-refractivity contribution in [2.45, 2.75) is 20.8 Å². The molecule has 0 saturated carbocycles. The van der Waals surface area contributed by atoms with E-state index in [4.69, 9.17) is 5.73 Å². The maximum Gasteiger partial charge on any atom is 0.257 e. The zero-order valence-corrected chi connectivity index (χ0v) is 10.2. The first-order valence-electron chi connectivity index (χ1n) is 5.61. The zero-order valence-electron chi connectivity index (χ0n) is 10.2. The van der Waals surface area contributed by atoms with Gasteiger partial charge in [0.05, 0.1) is 5.92 Å². The Labute approximate surface area is 100 Å². The summed E-state index contributed by atoms with van der Waals surface area (Å²) in [7, 11) is 0. The van der Waals surface area contributed by atoms with Gasteiger partial charge in [-0.3, -0.25) is 4.79 Å². The minimum atomic E-state index is -0.154. The van der Waals surface area contributed by atoms with Crippen LogP contribution in [0.2, 0.25) is 0 Å². The van der Waals surface area contributed by atoms with Crippen molar-refractivity contribution in [2.75, 3.05) is 10.7 Å². The van der Waals surface area contributed by atoms with Gasteiger partial charge in [0.2, 0.25) is 0 Å². The third-order valence-corrected chi connectivity index (χ3v) is 2.84. The van der Waals surface area contributed by atoms with E-state index in [1.807, 2.05) is 20.8 Å². The molecule has 0 radical (unpaired) electrons. The monoisotopic (exact) mass is 232 g/mol. The first kappa shape index (κ1) is 11.6. The van der Waals surface area contributed by atoms with Crippen LogP contribution in [0.4, 0.5) is 11.5 Å². The average molecular weight is 232 g/mol.